The first-order chi connectivity index (χ1) is 10.4. The Bertz CT molecular complexity index is 595. The van der Waals surface area contributed by atoms with Crippen molar-refractivity contribution in [2.24, 2.45) is 0 Å². The summed E-state index contributed by atoms with van der Waals surface area (Å²) in [5.74, 6) is -3.06. The van der Waals surface area contributed by atoms with Crippen molar-refractivity contribution in [3.63, 3.8) is 0 Å². The van der Waals surface area contributed by atoms with E-state index in [1.807, 2.05) is 0 Å². The van der Waals surface area contributed by atoms with E-state index in [0.717, 1.165) is 6.07 Å². The van der Waals surface area contributed by atoms with Gasteiger partial charge in [-0.3, -0.25) is 4.79 Å². The van der Waals surface area contributed by atoms with Gasteiger partial charge in [-0.05, 0) is 46.8 Å². The zero-order valence-electron chi connectivity index (χ0n) is 13.9. The van der Waals surface area contributed by atoms with Crippen molar-refractivity contribution in [1.29, 1.82) is 0 Å². The minimum atomic E-state index is -1.21. The molecule has 2 amide bonds. The predicted octanol–water partition coefficient (Wildman–Crippen LogP) is 3.00. The number of rotatable bonds is 4. The van der Waals surface area contributed by atoms with Gasteiger partial charge in [0.15, 0.2) is 11.6 Å². The molecule has 0 aliphatic heterocycles. The first kappa shape index (κ1) is 18.9. The van der Waals surface area contributed by atoms with Gasteiger partial charge in [-0.1, -0.05) is 6.07 Å². The highest BCUT2D eigenvalue weighted by molar-refractivity contribution is 5.94. The number of amides is 2. The third-order valence-corrected chi connectivity index (χ3v) is 2.73. The summed E-state index contributed by atoms with van der Waals surface area (Å²) in [6.07, 6.45) is -0.631. The Morgan fingerprint density at radius 2 is 1.74 bits per heavy atom. The Morgan fingerprint density at radius 3 is 2.30 bits per heavy atom. The summed E-state index contributed by atoms with van der Waals surface area (Å²) in [5, 5.41) is 5.06. The van der Waals surface area contributed by atoms with Crippen LogP contribution in [0.3, 0.4) is 0 Å². The lowest BCUT2D eigenvalue weighted by Crippen LogP contribution is -2.52. The summed E-state index contributed by atoms with van der Waals surface area (Å²) in [7, 11) is 0. The van der Waals surface area contributed by atoms with Gasteiger partial charge in [0.05, 0.1) is 11.1 Å². The van der Waals surface area contributed by atoms with Crippen molar-refractivity contribution in [1.82, 2.24) is 10.6 Å². The maximum absolute atomic E-state index is 13.5. The molecule has 5 nitrogen and oxygen atoms in total. The first-order valence-electron chi connectivity index (χ1n) is 7.15. The summed E-state index contributed by atoms with van der Waals surface area (Å²) in [6.45, 7) is 8.54. The molecule has 0 aliphatic rings. The lowest BCUT2D eigenvalue weighted by molar-refractivity contribution is 0.0469. The van der Waals surface area contributed by atoms with Crippen molar-refractivity contribution in [2.75, 3.05) is 6.54 Å². The summed E-state index contributed by atoms with van der Waals surface area (Å²) < 4.78 is 31.8. The zero-order valence-corrected chi connectivity index (χ0v) is 13.9. The Kier molecular flexibility index (Phi) is 5.69. The van der Waals surface area contributed by atoms with E-state index >= 15 is 0 Å². The van der Waals surface area contributed by atoms with Crippen LogP contribution < -0.4 is 10.6 Å². The van der Waals surface area contributed by atoms with Crippen LogP contribution in [0.5, 0.6) is 0 Å². The third kappa shape index (κ3) is 6.22. The fourth-order valence-electron chi connectivity index (χ4n) is 1.70. The summed E-state index contributed by atoms with van der Waals surface area (Å²) in [6, 6.07) is 3.36. The average molecular weight is 328 g/mol. The number of carbonyl (C=O) groups excluding carboxylic acids is 2. The second-order valence-corrected chi connectivity index (χ2v) is 6.79. The number of hydrogen-bond acceptors (Lipinski definition) is 3. The maximum Gasteiger partial charge on any atom is 0.408 e. The van der Waals surface area contributed by atoms with Crippen molar-refractivity contribution >= 4 is 12.0 Å². The van der Waals surface area contributed by atoms with Gasteiger partial charge >= 0.3 is 6.09 Å². The number of halogens is 2. The number of hydrogen-bond donors (Lipinski definition) is 2. The number of nitrogens with one attached hydrogen (secondary N) is 2. The zero-order chi connectivity index (χ0) is 17.8. The van der Waals surface area contributed by atoms with Crippen molar-refractivity contribution < 1.29 is 23.1 Å². The van der Waals surface area contributed by atoms with Crippen LogP contribution >= 0.6 is 0 Å². The fourth-order valence-corrected chi connectivity index (χ4v) is 1.70. The van der Waals surface area contributed by atoms with Gasteiger partial charge in [0.2, 0.25) is 0 Å². The summed E-state index contributed by atoms with van der Waals surface area (Å²) in [5.41, 5.74) is -1.87. The molecule has 1 aromatic carbocycles. The second-order valence-electron chi connectivity index (χ2n) is 6.79. The van der Waals surface area contributed by atoms with Gasteiger partial charge in [-0.2, -0.15) is 0 Å². The summed E-state index contributed by atoms with van der Waals surface area (Å²) in [4.78, 5) is 23.6. The molecule has 128 valence electrons. The van der Waals surface area contributed by atoms with Crippen LogP contribution in [0.2, 0.25) is 0 Å². The average Bonchev–Trinajstić information content (AvgIpc) is 2.36. The van der Waals surface area contributed by atoms with Gasteiger partial charge < -0.3 is 15.4 Å². The first-order valence-corrected chi connectivity index (χ1v) is 7.15. The van der Waals surface area contributed by atoms with Crippen molar-refractivity contribution in [3.05, 3.63) is 35.4 Å². The van der Waals surface area contributed by atoms with E-state index in [0.29, 0.717) is 0 Å². The monoisotopic (exact) mass is 328 g/mol. The van der Waals surface area contributed by atoms with E-state index in [2.05, 4.69) is 10.6 Å². The molecule has 1 rings (SSSR count). The van der Waals surface area contributed by atoms with Gasteiger partial charge in [0.25, 0.3) is 5.91 Å². The number of ether oxygens (including phenoxy) is 1. The quantitative estimate of drug-likeness (QED) is 0.893. The minimum absolute atomic E-state index is 0.0149. The lowest BCUT2D eigenvalue weighted by atomic mass is 10.1. The molecule has 0 saturated heterocycles. The molecule has 0 saturated carbocycles. The van der Waals surface area contributed by atoms with Crippen LogP contribution in [0.25, 0.3) is 0 Å². The smallest absolute Gasteiger partial charge is 0.408 e. The highest BCUT2D eigenvalue weighted by Crippen LogP contribution is 2.12. The Hall–Kier alpha value is -2.18. The van der Waals surface area contributed by atoms with E-state index in [4.69, 9.17) is 4.74 Å². The summed E-state index contributed by atoms with van der Waals surface area (Å²) >= 11 is 0. The van der Waals surface area contributed by atoms with E-state index in [-0.39, 0.29) is 6.54 Å². The number of carbonyl (C=O) groups is 2. The largest absolute Gasteiger partial charge is 0.444 e. The molecule has 1 aromatic rings. The Morgan fingerprint density at radius 1 is 1.13 bits per heavy atom. The van der Waals surface area contributed by atoms with Crippen LogP contribution in [0.15, 0.2) is 18.2 Å². The molecule has 7 heteroatoms. The Labute approximate surface area is 134 Å². The molecule has 23 heavy (non-hydrogen) atoms. The highest BCUT2D eigenvalue weighted by Gasteiger charge is 2.26. The van der Waals surface area contributed by atoms with Crippen LogP contribution in [0, 0.1) is 11.6 Å². The molecule has 0 heterocycles. The third-order valence-electron chi connectivity index (χ3n) is 2.73. The molecule has 0 aromatic heterocycles. The van der Waals surface area contributed by atoms with Gasteiger partial charge in [0.1, 0.15) is 5.60 Å². The number of alkyl carbamates (subject to hydrolysis) is 1. The van der Waals surface area contributed by atoms with E-state index in [1.54, 1.807) is 34.6 Å². The molecule has 0 radical (unpaired) electrons. The molecular weight excluding hydrogens is 306 g/mol. The fraction of sp³-hybridized carbons (Fsp3) is 0.500. The van der Waals surface area contributed by atoms with Crippen LogP contribution in [-0.4, -0.2) is 29.7 Å². The number of benzene rings is 1. The normalized spacial score (nSPS) is 11.8. The lowest BCUT2D eigenvalue weighted by Gasteiger charge is -2.28. The topological polar surface area (TPSA) is 67.4 Å². The molecule has 0 atom stereocenters. The molecular formula is C16H22F2N2O3. The van der Waals surface area contributed by atoms with Gasteiger partial charge in [0, 0.05) is 6.54 Å². The standard InChI is InChI=1S/C16H22F2N2O3/c1-15(2,3)23-14(22)20-16(4,5)9-19-13(21)10-7-6-8-11(17)12(10)18/h6-8H,9H2,1-5H3,(H,19,21)(H,20,22). The predicted molar refractivity (Wildman–Crippen MR) is 82.1 cm³/mol. The minimum Gasteiger partial charge on any atom is -0.444 e. The molecule has 0 fully saturated rings. The molecule has 0 unspecified atom stereocenters. The maximum atomic E-state index is 13.5. The Balaban J connectivity index is 2.63. The van der Waals surface area contributed by atoms with Crippen LogP contribution in [0.1, 0.15) is 45.0 Å². The van der Waals surface area contributed by atoms with Crippen LogP contribution in [0.4, 0.5) is 13.6 Å². The highest BCUT2D eigenvalue weighted by atomic mass is 19.2. The van der Waals surface area contributed by atoms with Crippen LogP contribution in [-0.2, 0) is 4.74 Å². The molecule has 0 spiro atoms. The molecule has 0 bridgehead atoms. The second kappa shape index (κ2) is 6.93. The van der Waals surface area contributed by atoms with Crippen molar-refractivity contribution in [2.45, 2.75) is 45.8 Å². The molecule has 0 aliphatic carbocycles. The van der Waals surface area contributed by atoms with Gasteiger partial charge in [-0.15, -0.1) is 0 Å². The van der Waals surface area contributed by atoms with Gasteiger partial charge in [-0.25, -0.2) is 13.6 Å². The van der Waals surface area contributed by atoms with E-state index < -0.39 is 40.3 Å². The molecule has 2 N–H and O–H groups in total. The van der Waals surface area contributed by atoms with E-state index in [1.165, 1.54) is 12.1 Å². The van der Waals surface area contributed by atoms with E-state index in [9.17, 15) is 18.4 Å². The SMILES string of the molecule is CC(C)(CNC(=O)c1cccc(F)c1F)NC(=O)OC(C)(C)C. The van der Waals surface area contributed by atoms with Crippen molar-refractivity contribution in [3.8, 4) is 0 Å².